The zero-order valence-electron chi connectivity index (χ0n) is 16.7. The van der Waals surface area contributed by atoms with Crippen LogP contribution in [0.5, 0.6) is 5.75 Å². The number of piperidine rings is 1. The van der Waals surface area contributed by atoms with Gasteiger partial charge in [-0.25, -0.2) is 4.39 Å². The van der Waals surface area contributed by atoms with Crippen LogP contribution in [0.4, 0.5) is 4.39 Å². The summed E-state index contributed by atoms with van der Waals surface area (Å²) in [4.78, 5) is 29.1. The third-order valence-corrected chi connectivity index (χ3v) is 5.57. The lowest BCUT2D eigenvalue weighted by molar-refractivity contribution is -0.140. The smallest absolute Gasteiger partial charge is 0.237 e. The number of halogens is 1. The van der Waals surface area contributed by atoms with Gasteiger partial charge in [-0.3, -0.25) is 14.5 Å². The topological polar surface area (TPSA) is 61.9 Å². The highest BCUT2D eigenvalue weighted by Crippen LogP contribution is 2.21. The van der Waals surface area contributed by atoms with E-state index in [1.807, 2.05) is 4.90 Å². The highest BCUT2D eigenvalue weighted by Gasteiger charge is 2.35. The van der Waals surface area contributed by atoms with Crippen molar-refractivity contribution in [3.8, 4) is 5.75 Å². The van der Waals surface area contributed by atoms with Gasteiger partial charge in [0.15, 0.2) is 0 Å². The molecule has 7 heteroatoms. The number of piperazine rings is 1. The number of carbonyl (C=O) groups excluding carboxylic acids is 2. The zero-order chi connectivity index (χ0) is 20.1. The summed E-state index contributed by atoms with van der Waals surface area (Å²) < 4.78 is 18.8. The molecule has 0 aromatic heterocycles. The number of hydrogen-bond donors (Lipinski definition) is 1. The number of nitrogens with zero attached hydrogens (tertiary/aromatic N) is 2. The first-order valence-electron chi connectivity index (χ1n) is 10.1. The fourth-order valence-corrected chi connectivity index (χ4v) is 4.03. The van der Waals surface area contributed by atoms with Crippen molar-refractivity contribution in [2.75, 3.05) is 32.8 Å². The molecule has 0 unspecified atom stereocenters. The minimum atomic E-state index is -0.392. The second kappa shape index (κ2) is 9.37. The van der Waals surface area contributed by atoms with Crippen LogP contribution < -0.4 is 10.1 Å². The van der Waals surface area contributed by atoms with Crippen LogP contribution in [0.25, 0.3) is 0 Å². The molecule has 2 aliphatic rings. The summed E-state index contributed by atoms with van der Waals surface area (Å²) in [5.41, 5.74) is 0. The van der Waals surface area contributed by atoms with Gasteiger partial charge in [0, 0.05) is 38.1 Å². The summed E-state index contributed by atoms with van der Waals surface area (Å²) >= 11 is 0. The van der Waals surface area contributed by atoms with E-state index < -0.39 is 6.04 Å². The minimum absolute atomic E-state index is 0.0270. The molecule has 1 aromatic carbocycles. The van der Waals surface area contributed by atoms with Gasteiger partial charge in [-0.1, -0.05) is 0 Å². The highest BCUT2D eigenvalue weighted by atomic mass is 19.1. The fourth-order valence-electron chi connectivity index (χ4n) is 4.03. The van der Waals surface area contributed by atoms with Gasteiger partial charge in [0.05, 0.1) is 19.1 Å². The van der Waals surface area contributed by atoms with Crippen molar-refractivity contribution < 1.29 is 18.7 Å². The second-order valence-corrected chi connectivity index (χ2v) is 7.96. The third-order valence-electron chi connectivity index (χ3n) is 5.57. The van der Waals surface area contributed by atoms with Gasteiger partial charge in [0.1, 0.15) is 11.6 Å². The molecule has 2 aliphatic heterocycles. The van der Waals surface area contributed by atoms with Crippen molar-refractivity contribution in [1.29, 1.82) is 0 Å². The third kappa shape index (κ3) is 5.22. The Hall–Kier alpha value is -2.15. The first-order valence-corrected chi connectivity index (χ1v) is 10.1. The van der Waals surface area contributed by atoms with E-state index in [0.717, 1.165) is 25.9 Å². The lowest BCUT2D eigenvalue weighted by Crippen LogP contribution is -2.58. The van der Waals surface area contributed by atoms with Crippen LogP contribution in [-0.4, -0.2) is 66.5 Å². The Morgan fingerprint density at radius 1 is 1.29 bits per heavy atom. The molecule has 154 valence electrons. The van der Waals surface area contributed by atoms with E-state index in [1.54, 1.807) is 12.1 Å². The van der Waals surface area contributed by atoms with Crippen LogP contribution in [0.3, 0.4) is 0 Å². The zero-order valence-corrected chi connectivity index (χ0v) is 16.7. The molecule has 0 aliphatic carbocycles. The van der Waals surface area contributed by atoms with Crippen LogP contribution in [0, 0.1) is 11.7 Å². The van der Waals surface area contributed by atoms with E-state index in [-0.39, 0.29) is 36.0 Å². The summed E-state index contributed by atoms with van der Waals surface area (Å²) in [6.45, 7) is 7.37. The van der Waals surface area contributed by atoms with Gasteiger partial charge in [-0.2, -0.15) is 0 Å². The summed E-state index contributed by atoms with van der Waals surface area (Å²) in [5, 5.41) is 2.88. The number of likely N-dealkylation sites (tertiary alicyclic amines) is 1. The summed E-state index contributed by atoms with van der Waals surface area (Å²) in [6, 6.07) is 5.81. The fraction of sp³-hybridized carbons (Fsp3) is 0.619. The van der Waals surface area contributed by atoms with Crippen molar-refractivity contribution in [2.45, 2.75) is 45.2 Å². The molecular weight excluding hydrogens is 361 g/mol. The van der Waals surface area contributed by atoms with Crippen LogP contribution in [0.1, 0.15) is 33.1 Å². The molecule has 6 nitrogen and oxygen atoms in total. The summed E-state index contributed by atoms with van der Waals surface area (Å²) in [5.74, 6) is 0.560. The van der Waals surface area contributed by atoms with E-state index >= 15 is 0 Å². The quantitative estimate of drug-likeness (QED) is 0.806. The predicted molar refractivity (Wildman–Crippen MR) is 104 cm³/mol. The average Bonchev–Trinajstić information content (AvgIpc) is 2.69. The summed E-state index contributed by atoms with van der Waals surface area (Å²) in [6.07, 6.45) is 2.14. The Balaban J connectivity index is 1.53. The van der Waals surface area contributed by atoms with Gasteiger partial charge >= 0.3 is 0 Å². The SMILES string of the molecule is CC(C)N1CCNC(=O)[C@@H]1CC(=O)N1CCC[C@@H](COc2ccc(F)cc2)C1. The Morgan fingerprint density at radius 2 is 2.04 bits per heavy atom. The number of carbonyl (C=O) groups is 2. The normalized spacial score (nSPS) is 23.6. The van der Waals surface area contributed by atoms with E-state index in [0.29, 0.717) is 25.4 Å². The van der Waals surface area contributed by atoms with Crippen molar-refractivity contribution in [3.63, 3.8) is 0 Å². The number of amides is 2. The van der Waals surface area contributed by atoms with E-state index in [2.05, 4.69) is 24.1 Å². The van der Waals surface area contributed by atoms with Gasteiger partial charge in [0.25, 0.3) is 0 Å². The first-order chi connectivity index (χ1) is 13.4. The van der Waals surface area contributed by atoms with Crippen LogP contribution in [-0.2, 0) is 9.59 Å². The van der Waals surface area contributed by atoms with Gasteiger partial charge in [0.2, 0.25) is 11.8 Å². The molecule has 0 radical (unpaired) electrons. The van der Waals surface area contributed by atoms with Gasteiger partial charge < -0.3 is 15.0 Å². The summed E-state index contributed by atoms with van der Waals surface area (Å²) in [7, 11) is 0. The van der Waals surface area contributed by atoms with E-state index in [9.17, 15) is 14.0 Å². The molecule has 1 N–H and O–H groups in total. The molecule has 0 saturated carbocycles. The Labute approximate surface area is 166 Å². The van der Waals surface area contributed by atoms with Crippen LogP contribution in [0.15, 0.2) is 24.3 Å². The molecule has 2 amide bonds. The molecule has 1 aromatic rings. The van der Waals surface area contributed by atoms with Crippen molar-refractivity contribution in [1.82, 2.24) is 15.1 Å². The molecule has 2 fully saturated rings. The highest BCUT2D eigenvalue weighted by molar-refractivity contribution is 5.89. The number of nitrogens with one attached hydrogen (secondary N) is 1. The van der Waals surface area contributed by atoms with Gasteiger partial charge in [-0.15, -0.1) is 0 Å². The van der Waals surface area contributed by atoms with Crippen molar-refractivity contribution in [2.24, 2.45) is 5.92 Å². The maximum absolute atomic E-state index is 13.0. The average molecular weight is 391 g/mol. The molecule has 28 heavy (non-hydrogen) atoms. The van der Waals surface area contributed by atoms with Crippen LogP contribution in [0.2, 0.25) is 0 Å². The Morgan fingerprint density at radius 3 is 2.75 bits per heavy atom. The number of ether oxygens (including phenoxy) is 1. The Kier molecular flexibility index (Phi) is 6.88. The number of rotatable bonds is 6. The van der Waals surface area contributed by atoms with E-state index in [1.165, 1.54) is 12.1 Å². The molecule has 0 spiro atoms. The standard InChI is InChI=1S/C21H30FN3O3/c1-15(2)25-11-9-23-21(27)19(25)12-20(26)24-10-3-4-16(13-24)14-28-18-7-5-17(22)6-8-18/h5-8,15-16,19H,3-4,9-14H2,1-2H3,(H,23,27)/t16-,19+/m1/s1. The second-order valence-electron chi connectivity index (χ2n) is 7.96. The van der Waals surface area contributed by atoms with Gasteiger partial charge in [-0.05, 0) is 51.0 Å². The predicted octanol–water partition coefficient (Wildman–Crippen LogP) is 2.04. The molecule has 3 rings (SSSR count). The minimum Gasteiger partial charge on any atom is -0.493 e. The largest absolute Gasteiger partial charge is 0.493 e. The molecular formula is C21H30FN3O3. The lowest BCUT2D eigenvalue weighted by Gasteiger charge is -2.39. The Bertz CT molecular complexity index is 680. The van der Waals surface area contributed by atoms with Crippen molar-refractivity contribution in [3.05, 3.63) is 30.1 Å². The molecule has 2 heterocycles. The van der Waals surface area contributed by atoms with Crippen LogP contribution >= 0.6 is 0 Å². The maximum Gasteiger partial charge on any atom is 0.237 e. The van der Waals surface area contributed by atoms with E-state index in [4.69, 9.17) is 4.74 Å². The number of hydrogen-bond acceptors (Lipinski definition) is 4. The molecule has 2 saturated heterocycles. The first kappa shape index (κ1) is 20.6. The monoisotopic (exact) mass is 391 g/mol. The lowest BCUT2D eigenvalue weighted by atomic mass is 9.97. The number of benzene rings is 1. The molecule has 2 atom stereocenters. The van der Waals surface area contributed by atoms with Crippen molar-refractivity contribution >= 4 is 11.8 Å². The molecule has 0 bridgehead atoms. The maximum atomic E-state index is 13.0.